The van der Waals surface area contributed by atoms with Crippen molar-refractivity contribution in [3.8, 4) is 0 Å². The molecule has 1 nitrogen and oxygen atoms in total. The largest absolute Gasteiger partial charge is 0.303 e. The molecule has 0 bridgehead atoms. The Kier molecular flexibility index (Phi) is 3.34. The highest BCUT2D eigenvalue weighted by molar-refractivity contribution is 5.49. The molecule has 0 aliphatic rings. The maximum atomic E-state index is 10.00. The Morgan fingerprint density at radius 3 is 2.30 bits per heavy atom. The van der Waals surface area contributed by atoms with E-state index in [4.69, 9.17) is 0 Å². The van der Waals surface area contributed by atoms with Crippen LogP contribution in [0.2, 0.25) is 0 Å². The molecule has 0 amide bonds. The molecule has 0 unspecified atom stereocenters. The second kappa shape index (κ2) is 3.55. The summed E-state index contributed by atoms with van der Waals surface area (Å²) in [6, 6.07) is 0. The van der Waals surface area contributed by atoms with Crippen LogP contribution >= 0.6 is 0 Å². The lowest BCUT2D eigenvalue weighted by Gasteiger charge is -2.20. The van der Waals surface area contributed by atoms with E-state index in [1.54, 1.807) is 0 Å². The summed E-state index contributed by atoms with van der Waals surface area (Å²) < 4.78 is 0. The Morgan fingerprint density at radius 1 is 1.50 bits per heavy atom. The molecule has 0 radical (unpaired) electrons. The third-order valence-corrected chi connectivity index (χ3v) is 1.62. The van der Waals surface area contributed by atoms with Crippen molar-refractivity contribution in [2.45, 2.75) is 33.6 Å². The van der Waals surface area contributed by atoms with Gasteiger partial charge in [-0.25, -0.2) is 0 Å². The second-order valence-corrected chi connectivity index (χ2v) is 3.56. The number of aldehydes is 1. The summed E-state index contributed by atoms with van der Waals surface area (Å²) in [6.07, 6.45) is 2.38. The van der Waals surface area contributed by atoms with Gasteiger partial charge in [-0.3, -0.25) is 0 Å². The topological polar surface area (TPSA) is 17.1 Å². The van der Waals surface area contributed by atoms with Gasteiger partial charge in [-0.15, -0.1) is 0 Å². The van der Waals surface area contributed by atoms with E-state index in [0.29, 0.717) is 6.42 Å². The second-order valence-electron chi connectivity index (χ2n) is 3.56. The minimum absolute atomic E-state index is 0.156. The average molecular weight is 140 g/mol. The van der Waals surface area contributed by atoms with Crippen LogP contribution < -0.4 is 0 Å². The predicted octanol–water partition coefficient (Wildman–Crippen LogP) is 2.57. The van der Waals surface area contributed by atoms with Crippen molar-refractivity contribution < 1.29 is 4.79 Å². The van der Waals surface area contributed by atoms with Gasteiger partial charge in [0.25, 0.3) is 0 Å². The third kappa shape index (κ3) is 3.44. The lowest BCUT2D eigenvalue weighted by atomic mass is 9.85. The molecule has 0 saturated heterocycles. The first kappa shape index (κ1) is 9.41. The number of hydrogen-bond donors (Lipinski definition) is 0. The van der Waals surface area contributed by atoms with E-state index in [1.807, 2.05) is 0 Å². The molecule has 0 rings (SSSR count). The van der Waals surface area contributed by atoms with E-state index in [0.717, 1.165) is 18.3 Å². The van der Waals surface area contributed by atoms with Gasteiger partial charge in [0.1, 0.15) is 6.29 Å². The quantitative estimate of drug-likeness (QED) is 0.435. The Labute approximate surface area is 63.1 Å². The highest BCUT2D eigenvalue weighted by atomic mass is 16.1. The Bertz CT molecular complexity index is 128. The molecule has 0 saturated carbocycles. The first-order valence-corrected chi connectivity index (χ1v) is 3.60. The zero-order chi connectivity index (χ0) is 8.20. The smallest absolute Gasteiger partial charge is 0.120 e. The molecule has 0 aromatic rings. The molecular formula is C9H16O. The van der Waals surface area contributed by atoms with Crippen LogP contribution in [0.3, 0.4) is 0 Å². The fraction of sp³-hybridized carbons (Fsp3) is 0.667. The van der Waals surface area contributed by atoms with Gasteiger partial charge in [-0.1, -0.05) is 32.9 Å². The van der Waals surface area contributed by atoms with Gasteiger partial charge in [-0.2, -0.15) is 0 Å². The lowest BCUT2D eigenvalue weighted by Crippen LogP contribution is -2.08. The van der Waals surface area contributed by atoms with E-state index in [-0.39, 0.29) is 5.41 Å². The zero-order valence-corrected chi connectivity index (χ0v) is 7.11. The normalized spacial score (nSPS) is 11.1. The van der Waals surface area contributed by atoms with E-state index in [2.05, 4.69) is 27.4 Å². The van der Waals surface area contributed by atoms with Gasteiger partial charge in [0.2, 0.25) is 0 Å². The van der Waals surface area contributed by atoms with E-state index >= 15 is 0 Å². The molecule has 1 heteroatoms. The Hall–Kier alpha value is -0.590. The maximum absolute atomic E-state index is 10.00. The maximum Gasteiger partial charge on any atom is 0.120 e. The molecule has 0 fully saturated rings. The van der Waals surface area contributed by atoms with Crippen LogP contribution in [0.5, 0.6) is 0 Å². The summed E-state index contributed by atoms with van der Waals surface area (Å²) in [7, 11) is 0. The fourth-order valence-electron chi connectivity index (χ4n) is 0.608. The zero-order valence-electron chi connectivity index (χ0n) is 7.11. The summed E-state index contributed by atoms with van der Waals surface area (Å²) in [4.78, 5) is 10.00. The molecule has 0 spiro atoms. The van der Waals surface area contributed by atoms with Crippen LogP contribution in [0.4, 0.5) is 0 Å². The van der Waals surface area contributed by atoms with Gasteiger partial charge in [-0.05, 0) is 11.8 Å². The number of allylic oxidation sites excluding steroid dienone is 1. The van der Waals surface area contributed by atoms with Crippen molar-refractivity contribution in [3.05, 3.63) is 12.2 Å². The molecular weight excluding hydrogens is 124 g/mol. The average Bonchev–Trinajstić information content (AvgIpc) is 1.80. The monoisotopic (exact) mass is 140 g/mol. The highest BCUT2D eigenvalue weighted by Gasteiger charge is 2.13. The third-order valence-electron chi connectivity index (χ3n) is 1.62. The van der Waals surface area contributed by atoms with Crippen molar-refractivity contribution in [1.29, 1.82) is 0 Å². The SMILES string of the molecule is C=C(CCC=O)C(C)(C)C. The van der Waals surface area contributed by atoms with E-state index in [1.165, 1.54) is 0 Å². The minimum Gasteiger partial charge on any atom is -0.303 e. The van der Waals surface area contributed by atoms with Crippen LogP contribution in [0, 0.1) is 5.41 Å². The molecule has 0 aliphatic heterocycles. The van der Waals surface area contributed by atoms with Gasteiger partial charge >= 0.3 is 0 Å². The highest BCUT2D eigenvalue weighted by Crippen LogP contribution is 2.26. The summed E-state index contributed by atoms with van der Waals surface area (Å²) in [5.41, 5.74) is 1.31. The summed E-state index contributed by atoms with van der Waals surface area (Å²) in [5.74, 6) is 0. The molecule has 0 heterocycles. The van der Waals surface area contributed by atoms with Crippen molar-refractivity contribution in [1.82, 2.24) is 0 Å². The number of hydrogen-bond acceptors (Lipinski definition) is 1. The number of rotatable bonds is 3. The molecule has 58 valence electrons. The van der Waals surface area contributed by atoms with Gasteiger partial charge in [0.05, 0.1) is 0 Å². The molecule has 0 aromatic heterocycles. The van der Waals surface area contributed by atoms with Crippen LogP contribution in [-0.2, 0) is 4.79 Å². The molecule has 0 atom stereocenters. The standard InChI is InChI=1S/C9H16O/c1-8(6-5-7-10)9(2,3)4/h7H,1,5-6H2,2-4H3. The predicted molar refractivity (Wildman–Crippen MR) is 43.9 cm³/mol. The Balaban J connectivity index is 3.74. The molecule has 0 aromatic carbocycles. The van der Waals surface area contributed by atoms with Gasteiger partial charge < -0.3 is 4.79 Å². The van der Waals surface area contributed by atoms with Crippen molar-refractivity contribution in [2.75, 3.05) is 0 Å². The molecule has 0 aliphatic carbocycles. The van der Waals surface area contributed by atoms with Crippen molar-refractivity contribution in [3.63, 3.8) is 0 Å². The van der Waals surface area contributed by atoms with Crippen molar-refractivity contribution in [2.24, 2.45) is 5.41 Å². The fourth-order valence-corrected chi connectivity index (χ4v) is 0.608. The Morgan fingerprint density at radius 2 is 2.00 bits per heavy atom. The summed E-state index contributed by atoms with van der Waals surface area (Å²) in [6.45, 7) is 10.2. The first-order valence-electron chi connectivity index (χ1n) is 3.60. The van der Waals surface area contributed by atoms with Crippen LogP contribution in [0.1, 0.15) is 33.6 Å². The van der Waals surface area contributed by atoms with Crippen LogP contribution in [0.25, 0.3) is 0 Å². The van der Waals surface area contributed by atoms with E-state index in [9.17, 15) is 4.79 Å². The number of carbonyl (C=O) groups is 1. The van der Waals surface area contributed by atoms with Gasteiger partial charge in [0, 0.05) is 6.42 Å². The van der Waals surface area contributed by atoms with Gasteiger partial charge in [0.15, 0.2) is 0 Å². The van der Waals surface area contributed by atoms with Crippen LogP contribution in [-0.4, -0.2) is 6.29 Å². The van der Waals surface area contributed by atoms with Crippen LogP contribution in [0.15, 0.2) is 12.2 Å². The van der Waals surface area contributed by atoms with E-state index < -0.39 is 0 Å². The van der Waals surface area contributed by atoms with Crippen molar-refractivity contribution >= 4 is 6.29 Å². The number of carbonyl (C=O) groups excluding carboxylic acids is 1. The lowest BCUT2D eigenvalue weighted by molar-refractivity contribution is -0.107. The minimum atomic E-state index is 0.156. The molecule has 10 heavy (non-hydrogen) atoms. The first-order chi connectivity index (χ1) is 4.48. The summed E-state index contributed by atoms with van der Waals surface area (Å²) >= 11 is 0. The molecule has 0 N–H and O–H groups in total. The summed E-state index contributed by atoms with van der Waals surface area (Å²) in [5, 5.41) is 0.